The lowest BCUT2D eigenvalue weighted by Gasteiger charge is -2.17. The maximum atomic E-state index is 10.7. The zero-order valence-electron chi connectivity index (χ0n) is 7.53. The molecule has 1 saturated carbocycles. The van der Waals surface area contributed by atoms with Crippen molar-refractivity contribution < 1.29 is 9.53 Å². The van der Waals surface area contributed by atoms with Gasteiger partial charge in [-0.05, 0) is 12.8 Å². The maximum Gasteiger partial charge on any atom is 0.337 e. The zero-order chi connectivity index (χ0) is 9.10. The van der Waals surface area contributed by atoms with E-state index in [4.69, 9.17) is 4.74 Å². The Morgan fingerprint density at radius 2 is 2.00 bits per heavy atom. The molecule has 0 unspecified atom stereocenters. The molecule has 1 fully saturated rings. The van der Waals surface area contributed by atoms with Gasteiger partial charge in [-0.25, -0.2) is 9.79 Å². The first-order chi connectivity index (χ1) is 6.34. The predicted octanol–water partition coefficient (Wildman–Crippen LogP) is 1.83. The number of carbonyl (C=O) groups is 1. The van der Waals surface area contributed by atoms with Crippen LogP contribution in [-0.4, -0.2) is 17.9 Å². The van der Waals surface area contributed by atoms with Crippen molar-refractivity contribution >= 4 is 11.9 Å². The molecule has 13 heavy (non-hydrogen) atoms. The highest BCUT2D eigenvalue weighted by Gasteiger charge is 2.16. The number of esters is 1. The van der Waals surface area contributed by atoms with Gasteiger partial charge in [-0.15, -0.1) is 0 Å². The van der Waals surface area contributed by atoms with Gasteiger partial charge in [-0.3, -0.25) is 0 Å². The molecular formula is C10H13NO2. The van der Waals surface area contributed by atoms with Gasteiger partial charge in [-0.2, -0.15) is 0 Å². The number of cyclic esters (lactones) is 1. The summed E-state index contributed by atoms with van der Waals surface area (Å²) in [5, 5.41) is 0. The maximum absolute atomic E-state index is 10.7. The molecule has 3 heteroatoms. The van der Waals surface area contributed by atoms with E-state index in [1.165, 1.54) is 25.3 Å². The third-order valence-corrected chi connectivity index (χ3v) is 2.45. The van der Waals surface area contributed by atoms with Gasteiger partial charge in [0.1, 0.15) is 0 Å². The summed E-state index contributed by atoms with van der Waals surface area (Å²) in [7, 11) is 0. The fraction of sp³-hybridized carbons (Fsp3) is 0.600. The van der Waals surface area contributed by atoms with Crippen molar-refractivity contribution in [3.05, 3.63) is 12.2 Å². The molecule has 0 saturated heterocycles. The molecule has 3 nitrogen and oxygen atoms in total. The Morgan fingerprint density at radius 1 is 1.23 bits per heavy atom. The van der Waals surface area contributed by atoms with Crippen molar-refractivity contribution in [1.82, 2.24) is 0 Å². The van der Waals surface area contributed by atoms with Crippen LogP contribution < -0.4 is 0 Å². The normalized spacial score (nSPS) is 26.8. The molecule has 0 N–H and O–H groups in total. The first kappa shape index (κ1) is 8.48. The minimum atomic E-state index is -0.297. The van der Waals surface area contributed by atoms with Crippen molar-refractivity contribution in [3.8, 4) is 0 Å². The van der Waals surface area contributed by atoms with Gasteiger partial charge in [0.25, 0.3) is 0 Å². The standard InChI is InChI=1S/C10H13NO2/c12-10-7-6-9(13-10)11-8-4-2-1-3-5-8/h6-8H,1-5H2. The summed E-state index contributed by atoms with van der Waals surface area (Å²) in [5.74, 6) is 0.200. The van der Waals surface area contributed by atoms with Gasteiger partial charge in [0.15, 0.2) is 0 Å². The van der Waals surface area contributed by atoms with E-state index in [9.17, 15) is 4.79 Å². The van der Waals surface area contributed by atoms with E-state index in [1.807, 2.05) is 0 Å². The molecule has 0 radical (unpaired) electrons. The second kappa shape index (κ2) is 3.73. The van der Waals surface area contributed by atoms with Crippen LogP contribution in [0.1, 0.15) is 32.1 Å². The van der Waals surface area contributed by atoms with Gasteiger partial charge in [0.2, 0.25) is 5.90 Å². The average molecular weight is 179 g/mol. The molecule has 1 aliphatic carbocycles. The van der Waals surface area contributed by atoms with Crippen LogP contribution in [0.4, 0.5) is 0 Å². The van der Waals surface area contributed by atoms with Crippen LogP contribution in [0.15, 0.2) is 17.1 Å². The fourth-order valence-corrected chi connectivity index (χ4v) is 1.77. The quantitative estimate of drug-likeness (QED) is 0.576. The molecule has 0 spiro atoms. The number of hydrogen-bond acceptors (Lipinski definition) is 3. The Kier molecular flexibility index (Phi) is 2.43. The van der Waals surface area contributed by atoms with Gasteiger partial charge in [0, 0.05) is 12.2 Å². The topological polar surface area (TPSA) is 38.7 Å². The molecule has 0 atom stereocenters. The molecule has 70 valence electrons. The number of aliphatic imine (C=N–C) groups is 1. The lowest BCUT2D eigenvalue weighted by molar-refractivity contribution is -0.129. The van der Waals surface area contributed by atoms with Crippen LogP contribution in [0.2, 0.25) is 0 Å². The second-order valence-corrected chi connectivity index (χ2v) is 3.51. The predicted molar refractivity (Wildman–Crippen MR) is 49.5 cm³/mol. The zero-order valence-corrected chi connectivity index (χ0v) is 7.53. The van der Waals surface area contributed by atoms with Gasteiger partial charge in [-0.1, -0.05) is 19.3 Å². The minimum Gasteiger partial charge on any atom is -0.405 e. The van der Waals surface area contributed by atoms with E-state index in [0.717, 1.165) is 12.8 Å². The van der Waals surface area contributed by atoms with Crippen LogP contribution in [0.5, 0.6) is 0 Å². The number of carbonyl (C=O) groups excluding carboxylic acids is 1. The molecule has 1 aliphatic heterocycles. The van der Waals surface area contributed by atoms with Crippen molar-refractivity contribution in [2.45, 2.75) is 38.1 Å². The highest BCUT2D eigenvalue weighted by atomic mass is 16.5. The molecule has 2 rings (SSSR count). The van der Waals surface area contributed by atoms with Crippen molar-refractivity contribution in [2.24, 2.45) is 4.99 Å². The Labute approximate surface area is 77.5 Å². The summed E-state index contributed by atoms with van der Waals surface area (Å²) in [6.07, 6.45) is 9.15. The Hall–Kier alpha value is -1.12. The number of ether oxygens (including phenoxy) is 1. The molecule has 0 aromatic heterocycles. The summed E-state index contributed by atoms with van der Waals surface area (Å²) in [6, 6.07) is 0.374. The number of nitrogens with zero attached hydrogens (tertiary/aromatic N) is 1. The van der Waals surface area contributed by atoms with Crippen LogP contribution in [0.25, 0.3) is 0 Å². The number of hydrogen-bond donors (Lipinski definition) is 0. The summed E-state index contributed by atoms with van der Waals surface area (Å²) >= 11 is 0. The Morgan fingerprint density at radius 3 is 2.62 bits per heavy atom. The van der Waals surface area contributed by atoms with E-state index < -0.39 is 0 Å². The molecule has 2 aliphatic rings. The van der Waals surface area contributed by atoms with E-state index in [0.29, 0.717) is 11.9 Å². The largest absolute Gasteiger partial charge is 0.405 e. The molecule has 0 aromatic carbocycles. The molecule has 0 amide bonds. The smallest absolute Gasteiger partial charge is 0.337 e. The Bertz CT molecular complexity index is 262. The van der Waals surface area contributed by atoms with E-state index in [-0.39, 0.29) is 5.97 Å². The summed E-state index contributed by atoms with van der Waals surface area (Å²) < 4.78 is 4.86. The van der Waals surface area contributed by atoms with Crippen LogP contribution >= 0.6 is 0 Å². The fourth-order valence-electron chi connectivity index (χ4n) is 1.77. The lowest BCUT2D eigenvalue weighted by Crippen LogP contribution is -2.12. The first-order valence-electron chi connectivity index (χ1n) is 4.82. The van der Waals surface area contributed by atoms with Crippen molar-refractivity contribution in [1.29, 1.82) is 0 Å². The van der Waals surface area contributed by atoms with Gasteiger partial charge < -0.3 is 4.74 Å². The lowest BCUT2D eigenvalue weighted by atomic mass is 9.96. The highest BCUT2D eigenvalue weighted by Crippen LogP contribution is 2.20. The van der Waals surface area contributed by atoms with E-state index >= 15 is 0 Å². The summed E-state index contributed by atoms with van der Waals surface area (Å²) in [6.45, 7) is 0. The van der Waals surface area contributed by atoms with Crippen LogP contribution in [0, 0.1) is 0 Å². The second-order valence-electron chi connectivity index (χ2n) is 3.51. The van der Waals surface area contributed by atoms with Crippen LogP contribution in [-0.2, 0) is 9.53 Å². The molecule has 1 heterocycles. The minimum absolute atomic E-state index is 0.297. The SMILES string of the molecule is O=C1C=CC(=NC2CCCCC2)O1. The molecule has 0 aromatic rings. The third kappa shape index (κ3) is 2.17. The van der Waals surface area contributed by atoms with Gasteiger partial charge >= 0.3 is 5.97 Å². The monoisotopic (exact) mass is 179 g/mol. The highest BCUT2D eigenvalue weighted by molar-refractivity contribution is 6.07. The molecular weight excluding hydrogens is 166 g/mol. The number of rotatable bonds is 1. The van der Waals surface area contributed by atoms with Gasteiger partial charge in [0.05, 0.1) is 6.04 Å². The summed E-state index contributed by atoms with van der Waals surface area (Å²) in [4.78, 5) is 15.1. The Balaban J connectivity index is 1.95. The summed E-state index contributed by atoms with van der Waals surface area (Å²) in [5.41, 5.74) is 0. The van der Waals surface area contributed by atoms with Crippen molar-refractivity contribution in [2.75, 3.05) is 0 Å². The van der Waals surface area contributed by atoms with Crippen LogP contribution in [0.3, 0.4) is 0 Å². The van der Waals surface area contributed by atoms with E-state index in [1.54, 1.807) is 6.08 Å². The van der Waals surface area contributed by atoms with Crippen molar-refractivity contribution in [3.63, 3.8) is 0 Å². The third-order valence-electron chi connectivity index (χ3n) is 2.45. The first-order valence-corrected chi connectivity index (χ1v) is 4.82. The average Bonchev–Trinajstić information content (AvgIpc) is 2.53. The molecule has 0 bridgehead atoms. The van der Waals surface area contributed by atoms with E-state index in [2.05, 4.69) is 4.99 Å².